The van der Waals surface area contributed by atoms with Crippen molar-refractivity contribution in [1.29, 1.82) is 0 Å². The zero-order chi connectivity index (χ0) is 25.0. The Hall–Kier alpha value is -2.93. The van der Waals surface area contributed by atoms with Crippen LogP contribution in [0.5, 0.6) is 5.88 Å². The van der Waals surface area contributed by atoms with Crippen LogP contribution in [0.4, 0.5) is 5.69 Å². The normalized spacial score (nSPS) is 16.3. The van der Waals surface area contributed by atoms with Gasteiger partial charge in [-0.1, -0.05) is 38.2 Å². The summed E-state index contributed by atoms with van der Waals surface area (Å²) in [5.41, 5.74) is 5.18. The first kappa shape index (κ1) is 26.7. The van der Waals surface area contributed by atoms with E-state index in [9.17, 15) is 4.79 Å². The highest BCUT2D eigenvalue weighted by molar-refractivity contribution is 5.93. The largest absolute Gasteiger partial charge is 0.483 e. The van der Waals surface area contributed by atoms with Crippen LogP contribution < -0.4 is 10.1 Å². The van der Waals surface area contributed by atoms with E-state index in [0.717, 1.165) is 66.5 Å². The molecule has 1 amide bonds. The molecule has 0 radical (unpaired) electrons. The maximum absolute atomic E-state index is 12.8. The van der Waals surface area contributed by atoms with E-state index < -0.39 is 0 Å². The molecule has 1 heterocycles. The van der Waals surface area contributed by atoms with Crippen LogP contribution in [0.3, 0.4) is 0 Å². The zero-order valence-corrected chi connectivity index (χ0v) is 20.9. The molecule has 2 N–H and O–H groups in total. The first-order valence-corrected chi connectivity index (χ1v) is 12.8. The monoisotopic (exact) mass is 482 g/mol. The van der Waals surface area contributed by atoms with Gasteiger partial charge >= 0.3 is 0 Å². The summed E-state index contributed by atoms with van der Waals surface area (Å²) >= 11 is 0. The standard InChI is InChI=1S/C27H36N2O3.CH2O2/c1-3-31-27-19(2)24(15-16-28-27)25-14-13-22(29-26(30)20-9-5-4-6-10-20)17-21(25)18-32-23-11-7-8-12-23;2-1-3/h13-17,20,23H,3-12,18H2,1-2H3,(H,29,30);1H,(H,2,3). The molecule has 0 unspecified atom stereocenters. The van der Waals surface area contributed by atoms with Crippen molar-refractivity contribution in [1.82, 2.24) is 4.98 Å². The lowest BCUT2D eigenvalue weighted by Gasteiger charge is -2.22. The van der Waals surface area contributed by atoms with E-state index in [1.165, 1.54) is 19.3 Å². The highest BCUT2D eigenvalue weighted by atomic mass is 16.5. The summed E-state index contributed by atoms with van der Waals surface area (Å²) in [7, 11) is 0. The number of rotatable bonds is 8. The number of hydrogen-bond donors (Lipinski definition) is 2. The first-order valence-electron chi connectivity index (χ1n) is 12.8. The number of anilines is 1. The molecule has 7 nitrogen and oxygen atoms in total. The number of nitrogens with zero attached hydrogens (tertiary/aromatic N) is 1. The van der Waals surface area contributed by atoms with Gasteiger partial charge in [0.1, 0.15) is 0 Å². The maximum atomic E-state index is 12.8. The van der Waals surface area contributed by atoms with Crippen LogP contribution in [0.15, 0.2) is 30.5 Å². The second kappa shape index (κ2) is 13.8. The van der Waals surface area contributed by atoms with E-state index in [0.29, 0.717) is 25.2 Å². The summed E-state index contributed by atoms with van der Waals surface area (Å²) in [6.45, 7) is 4.89. The third-order valence-electron chi connectivity index (χ3n) is 6.85. The van der Waals surface area contributed by atoms with Crippen molar-refractivity contribution in [3.05, 3.63) is 41.6 Å². The number of nitrogens with one attached hydrogen (secondary N) is 1. The molecule has 35 heavy (non-hydrogen) atoms. The van der Waals surface area contributed by atoms with Crippen molar-refractivity contribution in [2.24, 2.45) is 5.92 Å². The number of carbonyl (C=O) groups is 2. The van der Waals surface area contributed by atoms with Crippen molar-refractivity contribution < 1.29 is 24.2 Å². The van der Waals surface area contributed by atoms with Crippen molar-refractivity contribution in [2.45, 2.75) is 84.3 Å². The van der Waals surface area contributed by atoms with Crippen LogP contribution in [-0.2, 0) is 20.9 Å². The van der Waals surface area contributed by atoms with Crippen LogP contribution in [0.1, 0.15) is 75.8 Å². The van der Waals surface area contributed by atoms with Crippen molar-refractivity contribution >= 4 is 18.1 Å². The minimum atomic E-state index is -0.250. The fourth-order valence-corrected chi connectivity index (χ4v) is 5.02. The third kappa shape index (κ3) is 7.52. The molecule has 0 bridgehead atoms. The summed E-state index contributed by atoms with van der Waals surface area (Å²) < 4.78 is 12.0. The Morgan fingerprint density at radius 3 is 2.46 bits per heavy atom. The number of ether oxygens (including phenoxy) is 2. The van der Waals surface area contributed by atoms with Gasteiger partial charge in [0, 0.05) is 23.4 Å². The minimum Gasteiger partial charge on any atom is -0.483 e. The van der Waals surface area contributed by atoms with Gasteiger partial charge in [0.15, 0.2) is 0 Å². The molecule has 0 atom stereocenters. The molecular weight excluding hydrogens is 444 g/mol. The lowest BCUT2D eigenvalue weighted by atomic mass is 9.88. The lowest BCUT2D eigenvalue weighted by molar-refractivity contribution is -0.123. The molecule has 0 aliphatic heterocycles. The van der Waals surface area contributed by atoms with Crippen LogP contribution >= 0.6 is 0 Å². The highest BCUT2D eigenvalue weighted by Gasteiger charge is 2.22. The van der Waals surface area contributed by atoms with Gasteiger partial charge in [-0.25, -0.2) is 4.98 Å². The number of aromatic nitrogens is 1. The van der Waals surface area contributed by atoms with Gasteiger partial charge in [0.25, 0.3) is 6.47 Å². The molecule has 4 rings (SSSR count). The Labute approximate surface area is 208 Å². The van der Waals surface area contributed by atoms with Gasteiger partial charge < -0.3 is 19.9 Å². The van der Waals surface area contributed by atoms with E-state index in [1.807, 2.05) is 26.0 Å². The van der Waals surface area contributed by atoms with Gasteiger partial charge in [0.2, 0.25) is 11.8 Å². The predicted octanol–water partition coefficient (Wildman–Crippen LogP) is 6.13. The van der Waals surface area contributed by atoms with Gasteiger partial charge in [-0.05, 0) is 74.4 Å². The summed E-state index contributed by atoms with van der Waals surface area (Å²) in [4.78, 5) is 25.6. The Morgan fingerprint density at radius 1 is 1.09 bits per heavy atom. The van der Waals surface area contributed by atoms with Crippen LogP contribution in [0, 0.1) is 12.8 Å². The summed E-state index contributed by atoms with van der Waals surface area (Å²) in [6, 6.07) is 8.23. The van der Waals surface area contributed by atoms with Gasteiger partial charge in [-0.3, -0.25) is 9.59 Å². The van der Waals surface area contributed by atoms with Gasteiger partial charge in [0.05, 0.1) is 19.3 Å². The van der Waals surface area contributed by atoms with Crippen LogP contribution in [-0.4, -0.2) is 35.2 Å². The molecule has 2 fully saturated rings. The minimum absolute atomic E-state index is 0.137. The Morgan fingerprint density at radius 2 is 1.77 bits per heavy atom. The van der Waals surface area contributed by atoms with Crippen LogP contribution in [0.25, 0.3) is 11.1 Å². The average molecular weight is 483 g/mol. The topological polar surface area (TPSA) is 97.8 Å². The van der Waals surface area contributed by atoms with E-state index in [1.54, 1.807) is 6.20 Å². The SMILES string of the molecule is CCOc1nccc(-c2ccc(NC(=O)C3CCCCC3)cc2COC2CCCC2)c1C.O=CO. The molecule has 2 saturated carbocycles. The first-order chi connectivity index (χ1) is 17.1. The molecular formula is C28H38N2O5. The molecule has 190 valence electrons. The second-order valence-corrected chi connectivity index (χ2v) is 9.24. The molecule has 1 aromatic carbocycles. The second-order valence-electron chi connectivity index (χ2n) is 9.24. The van der Waals surface area contributed by atoms with Crippen molar-refractivity contribution in [3.63, 3.8) is 0 Å². The van der Waals surface area contributed by atoms with E-state index in [2.05, 4.69) is 22.4 Å². The predicted molar refractivity (Wildman–Crippen MR) is 137 cm³/mol. The van der Waals surface area contributed by atoms with Crippen LogP contribution in [0.2, 0.25) is 0 Å². The quantitative estimate of drug-likeness (QED) is 0.439. The summed E-state index contributed by atoms with van der Waals surface area (Å²) in [5.74, 6) is 0.957. The molecule has 7 heteroatoms. The van der Waals surface area contributed by atoms with E-state index in [-0.39, 0.29) is 18.3 Å². The Kier molecular flexibility index (Phi) is 10.5. The highest BCUT2D eigenvalue weighted by Crippen LogP contribution is 2.34. The fourth-order valence-electron chi connectivity index (χ4n) is 5.02. The Bertz CT molecular complexity index is 966. The number of pyridine rings is 1. The van der Waals surface area contributed by atoms with Gasteiger partial charge in [-0.2, -0.15) is 0 Å². The molecule has 2 aliphatic carbocycles. The Balaban J connectivity index is 0.00000108. The number of carboxylic acid groups (broad SMARTS) is 1. The summed E-state index contributed by atoms with van der Waals surface area (Å²) in [6.07, 6.45) is 12.4. The fraction of sp³-hybridized carbons (Fsp3) is 0.536. The van der Waals surface area contributed by atoms with E-state index >= 15 is 0 Å². The molecule has 0 spiro atoms. The molecule has 0 saturated heterocycles. The lowest BCUT2D eigenvalue weighted by Crippen LogP contribution is -2.24. The maximum Gasteiger partial charge on any atom is 0.290 e. The summed E-state index contributed by atoms with van der Waals surface area (Å²) in [5, 5.41) is 10.1. The molecule has 2 aromatic rings. The van der Waals surface area contributed by atoms with Crippen molar-refractivity contribution in [2.75, 3.05) is 11.9 Å². The zero-order valence-electron chi connectivity index (χ0n) is 20.9. The average Bonchev–Trinajstić information content (AvgIpc) is 3.39. The molecule has 2 aliphatic rings. The number of benzene rings is 1. The smallest absolute Gasteiger partial charge is 0.290 e. The number of amides is 1. The van der Waals surface area contributed by atoms with Gasteiger partial charge in [-0.15, -0.1) is 0 Å². The number of carbonyl (C=O) groups excluding carboxylic acids is 1. The number of hydrogen-bond acceptors (Lipinski definition) is 5. The molecule has 1 aromatic heterocycles. The van der Waals surface area contributed by atoms with E-state index in [4.69, 9.17) is 19.4 Å². The van der Waals surface area contributed by atoms with Crippen molar-refractivity contribution in [3.8, 4) is 17.0 Å². The third-order valence-corrected chi connectivity index (χ3v) is 6.85.